The van der Waals surface area contributed by atoms with Crippen molar-refractivity contribution in [1.29, 1.82) is 0 Å². The van der Waals surface area contributed by atoms with Crippen LogP contribution in [0.4, 0.5) is 0 Å². The average Bonchev–Trinajstić information content (AvgIpc) is 3.21. The van der Waals surface area contributed by atoms with E-state index in [1.807, 2.05) is 51.1 Å². The predicted octanol–water partition coefficient (Wildman–Crippen LogP) is 3.50. The number of nitrogens with one attached hydrogen (secondary N) is 1. The van der Waals surface area contributed by atoms with Crippen LogP contribution >= 0.6 is 0 Å². The molecule has 1 aromatic carbocycles. The van der Waals surface area contributed by atoms with Gasteiger partial charge >= 0.3 is 0 Å². The number of H-pyrrole nitrogens is 1. The molecule has 0 atom stereocenters. The molecule has 1 amide bonds. The lowest BCUT2D eigenvalue weighted by molar-refractivity contribution is 0.0168. The number of rotatable bonds is 4. The fourth-order valence-corrected chi connectivity index (χ4v) is 3.13. The Morgan fingerprint density at radius 3 is 2.58 bits per heavy atom. The van der Waals surface area contributed by atoms with Crippen molar-refractivity contribution in [3.05, 3.63) is 59.0 Å². The summed E-state index contributed by atoms with van der Waals surface area (Å²) in [6.45, 7) is 7.07. The Labute approximate surface area is 151 Å². The molecule has 26 heavy (non-hydrogen) atoms. The normalized spacial score (nSPS) is 14.3. The summed E-state index contributed by atoms with van der Waals surface area (Å²) in [6.07, 6.45) is 0.0184. The standard InChI is InChI=1S/C20H21N3O3/c1-12-5-4-6-13(2)19(12)26-15-10-23(11-15)20(24)17-9-16(21-22-17)18-8-7-14(3)25-18/h4-9,15H,10-11H2,1-3H3,(H,21,22). The highest BCUT2D eigenvalue weighted by Gasteiger charge is 2.34. The van der Waals surface area contributed by atoms with E-state index in [2.05, 4.69) is 10.2 Å². The van der Waals surface area contributed by atoms with Crippen LogP contribution in [0.2, 0.25) is 0 Å². The second-order valence-corrected chi connectivity index (χ2v) is 6.75. The maximum atomic E-state index is 12.6. The lowest BCUT2D eigenvalue weighted by atomic mass is 10.1. The van der Waals surface area contributed by atoms with Gasteiger partial charge in [-0.2, -0.15) is 5.10 Å². The molecule has 0 saturated carbocycles. The van der Waals surface area contributed by atoms with Crippen LogP contribution in [0.3, 0.4) is 0 Å². The molecule has 0 bridgehead atoms. The Kier molecular flexibility index (Phi) is 4.03. The van der Waals surface area contributed by atoms with Crippen molar-refractivity contribution in [2.24, 2.45) is 0 Å². The number of hydrogen-bond donors (Lipinski definition) is 1. The van der Waals surface area contributed by atoms with Crippen molar-refractivity contribution < 1.29 is 13.9 Å². The van der Waals surface area contributed by atoms with Crippen molar-refractivity contribution in [2.75, 3.05) is 13.1 Å². The minimum atomic E-state index is -0.0999. The number of aromatic amines is 1. The van der Waals surface area contributed by atoms with E-state index in [0.29, 0.717) is 30.2 Å². The number of ether oxygens (including phenoxy) is 1. The number of hydrogen-bond acceptors (Lipinski definition) is 4. The van der Waals surface area contributed by atoms with Crippen molar-refractivity contribution in [1.82, 2.24) is 15.1 Å². The van der Waals surface area contributed by atoms with Gasteiger partial charge in [-0.3, -0.25) is 9.89 Å². The van der Waals surface area contributed by atoms with Gasteiger partial charge in [-0.25, -0.2) is 0 Å². The van der Waals surface area contributed by atoms with Crippen molar-refractivity contribution >= 4 is 5.91 Å². The van der Waals surface area contributed by atoms with E-state index in [1.165, 1.54) is 0 Å². The third-order valence-corrected chi connectivity index (χ3v) is 4.63. The van der Waals surface area contributed by atoms with E-state index in [4.69, 9.17) is 9.15 Å². The Hall–Kier alpha value is -3.02. The monoisotopic (exact) mass is 351 g/mol. The highest BCUT2D eigenvalue weighted by Crippen LogP contribution is 2.27. The number of aromatic nitrogens is 2. The fraction of sp³-hybridized carbons (Fsp3) is 0.300. The molecule has 1 aliphatic rings. The number of carbonyl (C=O) groups is 1. The Bertz CT molecular complexity index is 931. The highest BCUT2D eigenvalue weighted by atomic mass is 16.5. The summed E-state index contributed by atoms with van der Waals surface area (Å²) in [6, 6.07) is 11.5. The second kappa shape index (κ2) is 6.37. The average molecular weight is 351 g/mol. The predicted molar refractivity (Wildman–Crippen MR) is 97.3 cm³/mol. The number of nitrogens with zero attached hydrogens (tertiary/aromatic N) is 2. The van der Waals surface area contributed by atoms with Crippen molar-refractivity contribution in [2.45, 2.75) is 26.9 Å². The zero-order chi connectivity index (χ0) is 18.3. The molecular weight excluding hydrogens is 330 g/mol. The molecule has 1 N–H and O–H groups in total. The summed E-state index contributed by atoms with van der Waals surface area (Å²) in [5.41, 5.74) is 3.31. The molecule has 6 nitrogen and oxygen atoms in total. The third kappa shape index (κ3) is 2.98. The molecule has 2 aromatic heterocycles. The molecule has 0 aliphatic carbocycles. The molecule has 3 aromatic rings. The van der Waals surface area contributed by atoms with Crippen molar-refractivity contribution in [3.63, 3.8) is 0 Å². The molecule has 134 valence electrons. The molecule has 6 heteroatoms. The van der Waals surface area contributed by atoms with E-state index in [1.54, 1.807) is 11.0 Å². The minimum Gasteiger partial charge on any atom is -0.486 e. The lowest BCUT2D eigenvalue weighted by Crippen LogP contribution is -2.56. The first-order chi connectivity index (χ1) is 12.5. The van der Waals surface area contributed by atoms with Gasteiger partial charge in [-0.1, -0.05) is 18.2 Å². The Morgan fingerprint density at radius 2 is 1.92 bits per heavy atom. The van der Waals surface area contributed by atoms with Crippen LogP contribution in [-0.2, 0) is 0 Å². The quantitative estimate of drug-likeness (QED) is 0.781. The SMILES string of the molecule is Cc1ccc(-c2cc(C(=O)N3CC(Oc4c(C)cccc4C)C3)n[nH]2)o1. The van der Waals surface area contributed by atoms with Crippen LogP contribution in [0.15, 0.2) is 40.8 Å². The van der Waals surface area contributed by atoms with Crippen LogP contribution in [0, 0.1) is 20.8 Å². The smallest absolute Gasteiger partial charge is 0.274 e. The maximum absolute atomic E-state index is 12.6. The zero-order valence-electron chi connectivity index (χ0n) is 15.1. The largest absolute Gasteiger partial charge is 0.486 e. The van der Waals surface area contributed by atoms with Gasteiger partial charge in [-0.15, -0.1) is 0 Å². The summed E-state index contributed by atoms with van der Waals surface area (Å²) >= 11 is 0. The van der Waals surface area contributed by atoms with Crippen LogP contribution in [0.5, 0.6) is 5.75 Å². The van der Waals surface area contributed by atoms with Gasteiger partial charge in [0, 0.05) is 6.07 Å². The second-order valence-electron chi connectivity index (χ2n) is 6.75. The number of amides is 1. The summed E-state index contributed by atoms with van der Waals surface area (Å²) in [4.78, 5) is 14.3. The van der Waals surface area contributed by atoms with E-state index >= 15 is 0 Å². The Morgan fingerprint density at radius 1 is 1.19 bits per heavy atom. The van der Waals surface area contributed by atoms with Gasteiger partial charge in [0.2, 0.25) is 0 Å². The topological polar surface area (TPSA) is 71.4 Å². The summed E-state index contributed by atoms with van der Waals surface area (Å²) < 4.78 is 11.6. The fourth-order valence-electron chi connectivity index (χ4n) is 3.13. The van der Waals surface area contributed by atoms with Crippen LogP contribution < -0.4 is 4.74 Å². The molecular formula is C20H21N3O3. The van der Waals surface area contributed by atoms with Gasteiger partial charge < -0.3 is 14.1 Å². The molecule has 0 unspecified atom stereocenters. The summed E-state index contributed by atoms with van der Waals surface area (Å²) in [5, 5.41) is 6.99. The molecule has 1 saturated heterocycles. The lowest BCUT2D eigenvalue weighted by Gasteiger charge is -2.39. The number of aryl methyl sites for hydroxylation is 3. The van der Waals surface area contributed by atoms with E-state index in [0.717, 1.165) is 22.6 Å². The Balaban J connectivity index is 1.38. The van der Waals surface area contributed by atoms with Gasteiger partial charge in [-0.05, 0) is 44.0 Å². The molecule has 4 rings (SSSR count). The molecule has 1 fully saturated rings. The molecule has 0 spiro atoms. The highest BCUT2D eigenvalue weighted by molar-refractivity contribution is 5.93. The first-order valence-electron chi connectivity index (χ1n) is 8.65. The molecule has 3 heterocycles. The zero-order valence-corrected chi connectivity index (χ0v) is 15.1. The van der Waals surface area contributed by atoms with Gasteiger partial charge in [0.25, 0.3) is 5.91 Å². The van der Waals surface area contributed by atoms with Crippen molar-refractivity contribution in [3.8, 4) is 17.2 Å². The number of para-hydroxylation sites is 1. The van der Waals surface area contributed by atoms with Gasteiger partial charge in [0.15, 0.2) is 11.5 Å². The van der Waals surface area contributed by atoms with Crippen LogP contribution in [-0.4, -0.2) is 40.2 Å². The summed E-state index contributed by atoms with van der Waals surface area (Å²) in [7, 11) is 0. The van der Waals surface area contributed by atoms with Gasteiger partial charge in [0.05, 0.1) is 13.1 Å². The first kappa shape index (κ1) is 16.4. The summed E-state index contributed by atoms with van der Waals surface area (Å²) in [5.74, 6) is 2.31. The van der Waals surface area contributed by atoms with E-state index in [-0.39, 0.29) is 12.0 Å². The number of likely N-dealkylation sites (tertiary alicyclic amines) is 1. The number of benzene rings is 1. The minimum absolute atomic E-state index is 0.0184. The third-order valence-electron chi connectivity index (χ3n) is 4.63. The number of carbonyl (C=O) groups excluding carboxylic acids is 1. The molecule has 0 radical (unpaired) electrons. The molecule has 1 aliphatic heterocycles. The van der Waals surface area contributed by atoms with E-state index < -0.39 is 0 Å². The van der Waals surface area contributed by atoms with Gasteiger partial charge in [0.1, 0.15) is 23.3 Å². The van der Waals surface area contributed by atoms with Crippen LogP contribution in [0.1, 0.15) is 27.4 Å². The van der Waals surface area contributed by atoms with E-state index in [9.17, 15) is 4.79 Å². The number of furan rings is 1. The maximum Gasteiger partial charge on any atom is 0.274 e. The van der Waals surface area contributed by atoms with Crippen LogP contribution in [0.25, 0.3) is 11.5 Å². The first-order valence-corrected chi connectivity index (χ1v) is 8.65.